The van der Waals surface area contributed by atoms with Gasteiger partial charge < -0.3 is 15.0 Å². The lowest BCUT2D eigenvalue weighted by atomic mass is 10.2. The van der Waals surface area contributed by atoms with E-state index in [-0.39, 0.29) is 46.7 Å². The fraction of sp³-hybridized carbons (Fsp3) is 0.458. The molecule has 1 heterocycles. The first kappa shape index (κ1) is 25.5. The van der Waals surface area contributed by atoms with E-state index in [9.17, 15) is 13.2 Å². The van der Waals surface area contributed by atoms with Crippen LogP contribution in [0.25, 0.3) is 0 Å². The predicted molar refractivity (Wildman–Crippen MR) is 131 cm³/mol. The van der Waals surface area contributed by atoms with Crippen molar-refractivity contribution in [3.05, 3.63) is 59.1 Å². The van der Waals surface area contributed by atoms with Gasteiger partial charge in [0.05, 0.1) is 17.2 Å². The maximum atomic E-state index is 13.2. The van der Waals surface area contributed by atoms with E-state index < -0.39 is 10.0 Å². The lowest BCUT2D eigenvalue weighted by Gasteiger charge is -2.34. The van der Waals surface area contributed by atoms with Crippen LogP contribution < -0.4 is 10.2 Å². The van der Waals surface area contributed by atoms with Crippen molar-refractivity contribution in [2.24, 2.45) is 0 Å². The summed E-state index contributed by atoms with van der Waals surface area (Å²) in [6, 6.07) is 14.5. The topological polar surface area (TPSA) is 79.0 Å². The molecular weight excluding hydrogens is 462 g/mol. The van der Waals surface area contributed by atoms with Crippen LogP contribution in [-0.2, 0) is 14.8 Å². The van der Waals surface area contributed by atoms with Gasteiger partial charge in [-0.2, -0.15) is 4.31 Å². The number of para-hydroxylation sites is 1. The predicted octanol–water partition coefficient (Wildman–Crippen LogP) is 3.78. The molecule has 1 aliphatic heterocycles. The smallest absolute Gasteiger partial charge is 0.251 e. The van der Waals surface area contributed by atoms with Gasteiger partial charge in [-0.25, -0.2) is 8.42 Å². The highest BCUT2D eigenvalue weighted by Crippen LogP contribution is 2.28. The van der Waals surface area contributed by atoms with Gasteiger partial charge in [-0.05, 0) is 57.0 Å². The molecule has 2 atom stereocenters. The Bertz CT molecular complexity index is 1040. The highest BCUT2D eigenvalue weighted by molar-refractivity contribution is 7.89. The largest absolute Gasteiger partial charge is 0.375 e. The van der Waals surface area contributed by atoms with E-state index in [2.05, 4.69) is 22.3 Å². The highest BCUT2D eigenvalue weighted by Gasteiger charge is 2.33. The van der Waals surface area contributed by atoms with Crippen molar-refractivity contribution in [2.45, 2.75) is 43.8 Å². The van der Waals surface area contributed by atoms with Gasteiger partial charge >= 0.3 is 0 Å². The third-order valence-corrected chi connectivity index (χ3v) is 7.91. The molecule has 2 unspecified atom stereocenters. The van der Waals surface area contributed by atoms with Crippen LogP contribution in [0.3, 0.4) is 0 Å². The summed E-state index contributed by atoms with van der Waals surface area (Å²) in [5, 5.41) is 2.97. The summed E-state index contributed by atoms with van der Waals surface area (Å²) in [7, 11) is -1.80. The molecule has 2 aromatic carbocycles. The average Bonchev–Trinajstić information content (AvgIpc) is 2.78. The first-order valence-electron chi connectivity index (χ1n) is 11.2. The number of carbonyl (C=O) groups excluding carboxylic acids is 1. The summed E-state index contributed by atoms with van der Waals surface area (Å²) < 4.78 is 33.4. The average molecular weight is 494 g/mol. The van der Waals surface area contributed by atoms with Crippen LogP contribution in [-0.4, -0.2) is 64.1 Å². The quantitative estimate of drug-likeness (QED) is 0.538. The summed E-state index contributed by atoms with van der Waals surface area (Å²) >= 11 is 6.23. The number of halogens is 1. The van der Waals surface area contributed by atoms with E-state index >= 15 is 0 Å². The van der Waals surface area contributed by atoms with Gasteiger partial charge in [-0.15, -0.1) is 0 Å². The molecule has 0 saturated carbocycles. The fourth-order valence-electron chi connectivity index (χ4n) is 3.90. The Morgan fingerprint density at radius 3 is 2.45 bits per heavy atom. The number of anilines is 1. The number of unbranched alkanes of at least 4 members (excludes halogenated alkanes) is 1. The molecule has 0 aliphatic carbocycles. The van der Waals surface area contributed by atoms with Crippen molar-refractivity contribution >= 4 is 33.2 Å². The molecule has 2 aromatic rings. The summed E-state index contributed by atoms with van der Waals surface area (Å²) in [6.45, 7) is 5.54. The number of morpholine rings is 1. The van der Waals surface area contributed by atoms with Crippen LogP contribution in [0.5, 0.6) is 0 Å². The van der Waals surface area contributed by atoms with Crippen LogP contribution in [0.1, 0.15) is 37.0 Å². The number of benzene rings is 2. The van der Waals surface area contributed by atoms with E-state index in [1.165, 1.54) is 16.4 Å². The minimum atomic E-state index is -3.84. The monoisotopic (exact) mass is 493 g/mol. The molecule has 0 bridgehead atoms. The molecular formula is C24H32ClN3O4S. The molecule has 0 aromatic heterocycles. The van der Waals surface area contributed by atoms with E-state index in [0.29, 0.717) is 6.54 Å². The summed E-state index contributed by atoms with van der Waals surface area (Å²) in [6.07, 6.45) is 1.30. The van der Waals surface area contributed by atoms with E-state index in [1.54, 1.807) is 6.07 Å². The van der Waals surface area contributed by atoms with Crippen molar-refractivity contribution in [1.29, 1.82) is 0 Å². The Labute approximate surface area is 201 Å². The lowest BCUT2D eigenvalue weighted by molar-refractivity contribution is -0.0440. The number of hydrogen-bond acceptors (Lipinski definition) is 5. The van der Waals surface area contributed by atoms with Crippen LogP contribution in [0.2, 0.25) is 5.02 Å². The van der Waals surface area contributed by atoms with Gasteiger partial charge in [0.25, 0.3) is 5.91 Å². The molecule has 1 fully saturated rings. The SMILES string of the molecule is CC1CN(S(=O)(=O)c2cc(C(=O)NCCCCN(C)c3ccccc3)ccc2Cl)CC(C)O1. The summed E-state index contributed by atoms with van der Waals surface area (Å²) in [5.74, 6) is -0.316. The first-order chi connectivity index (χ1) is 15.7. The molecule has 3 rings (SSSR count). The van der Waals surface area contributed by atoms with Gasteiger partial charge in [0.15, 0.2) is 0 Å². The molecule has 0 spiro atoms. The maximum Gasteiger partial charge on any atom is 0.251 e. The van der Waals surface area contributed by atoms with Crippen LogP contribution >= 0.6 is 11.6 Å². The van der Waals surface area contributed by atoms with Crippen molar-refractivity contribution < 1.29 is 17.9 Å². The molecule has 7 nitrogen and oxygen atoms in total. The summed E-state index contributed by atoms with van der Waals surface area (Å²) in [4.78, 5) is 14.8. The zero-order valence-corrected chi connectivity index (χ0v) is 20.9. The van der Waals surface area contributed by atoms with Gasteiger partial charge in [-0.3, -0.25) is 4.79 Å². The van der Waals surface area contributed by atoms with Gasteiger partial charge in [0.2, 0.25) is 10.0 Å². The third kappa shape index (κ3) is 6.69. The maximum absolute atomic E-state index is 13.2. The zero-order valence-electron chi connectivity index (χ0n) is 19.3. The first-order valence-corrected chi connectivity index (χ1v) is 13.0. The third-order valence-electron chi connectivity index (χ3n) is 5.60. The molecule has 1 amide bonds. The number of sulfonamides is 1. The summed E-state index contributed by atoms with van der Waals surface area (Å²) in [5.41, 5.74) is 1.43. The molecule has 0 radical (unpaired) electrons. The number of nitrogens with one attached hydrogen (secondary N) is 1. The van der Waals surface area contributed by atoms with Crippen molar-refractivity contribution in [1.82, 2.24) is 9.62 Å². The highest BCUT2D eigenvalue weighted by atomic mass is 35.5. The normalized spacial score (nSPS) is 19.3. The van der Waals surface area contributed by atoms with Gasteiger partial charge in [0, 0.05) is 44.5 Å². The Morgan fingerprint density at radius 2 is 1.79 bits per heavy atom. The number of rotatable bonds is 9. The van der Waals surface area contributed by atoms with Crippen LogP contribution in [0.15, 0.2) is 53.4 Å². The van der Waals surface area contributed by atoms with E-state index in [4.69, 9.17) is 16.3 Å². The van der Waals surface area contributed by atoms with Crippen LogP contribution in [0.4, 0.5) is 5.69 Å². The zero-order chi connectivity index (χ0) is 24.0. The van der Waals surface area contributed by atoms with Gasteiger partial charge in [-0.1, -0.05) is 29.8 Å². The van der Waals surface area contributed by atoms with Crippen LogP contribution in [0, 0.1) is 0 Å². The number of nitrogens with zero attached hydrogens (tertiary/aromatic N) is 2. The Balaban J connectivity index is 1.56. The second kappa shape index (κ2) is 11.3. The minimum absolute atomic E-state index is 0.0531. The molecule has 1 N–H and O–H groups in total. The second-order valence-corrected chi connectivity index (χ2v) is 10.8. The molecule has 9 heteroatoms. The number of amides is 1. The van der Waals surface area contributed by atoms with Gasteiger partial charge in [0.1, 0.15) is 4.90 Å². The Morgan fingerprint density at radius 1 is 1.12 bits per heavy atom. The van der Waals surface area contributed by atoms with Crippen molar-refractivity contribution in [3.8, 4) is 0 Å². The standard InChI is InChI=1S/C24H32ClN3O4S/c1-18-16-28(17-19(2)32-18)33(30,31)23-15-20(11-12-22(23)25)24(29)26-13-7-8-14-27(3)21-9-5-4-6-10-21/h4-6,9-12,15,18-19H,7-8,13-14,16-17H2,1-3H3,(H,26,29). The number of ether oxygens (including phenoxy) is 1. The van der Waals surface area contributed by atoms with Crippen molar-refractivity contribution in [3.63, 3.8) is 0 Å². The number of carbonyl (C=O) groups is 1. The molecule has 180 valence electrons. The fourth-order valence-corrected chi connectivity index (χ4v) is 5.99. The Hall–Kier alpha value is -2.13. The minimum Gasteiger partial charge on any atom is -0.375 e. The number of hydrogen-bond donors (Lipinski definition) is 1. The molecule has 33 heavy (non-hydrogen) atoms. The van der Waals surface area contributed by atoms with E-state index in [0.717, 1.165) is 25.1 Å². The van der Waals surface area contributed by atoms with Crippen molar-refractivity contribution in [2.75, 3.05) is 38.1 Å². The molecule has 1 saturated heterocycles. The second-order valence-electron chi connectivity index (χ2n) is 8.44. The lowest BCUT2D eigenvalue weighted by Crippen LogP contribution is -2.48. The molecule has 1 aliphatic rings. The Kier molecular flexibility index (Phi) is 8.75. The van der Waals surface area contributed by atoms with E-state index in [1.807, 2.05) is 39.1 Å².